The monoisotopic (exact) mass is 399 g/mol. The quantitative estimate of drug-likeness (QED) is 0.607. The van der Waals surface area contributed by atoms with Gasteiger partial charge in [0.2, 0.25) is 5.91 Å². The number of aryl methyl sites for hydroxylation is 2. The van der Waals surface area contributed by atoms with Crippen LogP contribution in [0, 0.1) is 13.8 Å². The molecule has 2 aromatic heterocycles. The highest BCUT2D eigenvalue weighted by atomic mass is 32.1. The molecule has 0 radical (unpaired) electrons. The molecule has 0 saturated heterocycles. The third kappa shape index (κ3) is 5.43. The van der Waals surface area contributed by atoms with E-state index in [1.54, 1.807) is 19.1 Å². The van der Waals surface area contributed by atoms with E-state index >= 15 is 0 Å². The van der Waals surface area contributed by atoms with Crippen LogP contribution >= 0.6 is 11.3 Å². The molecule has 0 fully saturated rings. The first-order valence-corrected chi connectivity index (χ1v) is 9.56. The standard InChI is InChI=1S/C20H21N3O4S/c1-13-5-7-15(8-6-13)27-12-18-23-14(2)19(28-18)20(25)22-11-17(24)21-10-16-4-3-9-26-16/h3-9H,10-12H2,1-2H3,(H,21,24)(H,22,25). The second kappa shape index (κ2) is 9.18. The molecule has 7 nitrogen and oxygen atoms in total. The van der Waals surface area contributed by atoms with Crippen molar-refractivity contribution in [2.45, 2.75) is 27.0 Å². The van der Waals surface area contributed by atoms with Crippen LogP contribution in [0.3, 0.4) is 0 Å². The number of hydrogen-bond acceptors (Lipinski definition) is 6. The van der Waals surface area contributed by atoms with Crippen molar-refractivity contribution in [3.05, 3.63) is 69.6 Å². The zero-order valence-corrected chi connectivity index (χ0v) is 16.5. The minimum absolute atomic E-state index is 0.119. The largest absolute Gasteiger partial charge is 0.486 e. The van der Waals surface area contributed by atoms with Gasteiger partial charge in [0.1, 0.15) is 28.0 Å². The van der Waals surface area contributed by atoms with Crippen LogP contribution in [-0.2, 0) is 17.9 Å². The number of carbonyl (C=O) groups excluding carboxylic acids is 2. The number of rotatable bonds is 8. The number of furan rings is 1. The zero-order chi connectivity index (χ0) is 19.9. The lowest BCUT2D eigenvalue weighted by Crippen LogP contribution is -2.36. The van der Waals surface area contributed by atoms with Crippen LogP contribution in [0.15, 0.2) is 47.1 Å². The maximum Gasteiger partial charge on any atom is 0.263 e. The number of thiazole rings is 1. The van der Waals surface area contributed by atoms with Crippen LogP contribution in [0.4, 0.5) is 0 Å². The van der Waals surface area contributed by atoms with Crippen LogP contribution in [0.2, 0.25) is 0 Å². The van der Waals surface area contributed by atoms with Crippen LogP contribution in [-0.4, -0.2) is 23.3 Å². The fourth-order valence-electron chi connectivity index (χ4n) is 2.41. The second-order valence-electron chi connectivity index (χ2n) is 6.16. The van der Waals surface area contributed by atoms with Crippen LogP contribution < -0.4 is 15.4 Å². The second-order valence-corrected chi connectivity index (χ2v) is 7.25. The Labute approximate surface area is 166 Å². The molecule has 28 heavy (non-hydrogen) atoms. The van der Waals surface area contributed by atoms with Crippen molar-refractivity contribution in [2.75, 3.05) is 6.54 Å². The number of ether oxygens (including phenoxy) is 1. The number of hydrogen-bond donors (Lipinski definition) is 2. The number of benzene rings is 1. The third-order valence-corrected chi connectivity index (χ3v) is 5.01. The van der Waals surface area contributed by atoms with E-state index in [9.17, 15) is 9.59 Å². The van der Waals surface area contributed by atoms with Crippen molar-refractivity contribution in [1.82, 2.24) is 15.6 Å². The Morgan fingerprint density at radius 3 is 2.64 bits per heavy atom. The first-order valence-electron chi connectivity index (χ1n) is 8.74. The SMILES string of the molecule is Cc1ccc(OCc2nc(C)c(C(=O)NCC(=O)NCc3ccco3)s2)cc1. The van der Waals surface area contributed by atoms with Crippen molar-refractivity contribution >= 4 is 23.2 Å². The molecular weight excluding hydrogens is 378 g/mol. The topological polar surface area (TPSA) is 93.5 Å². The fourth-order valence-corrected chi connectivity index (χ4v) is 3.30. The molecule has 0 aliphatic heterocycles. The van der Waals surface area contributed by atoms with E-state index < -0.39 is 0 Å². The summed E-state index contributed by atoms with van der Waals surface area (Å²) in [5, 5.41) is 5.99. The molecule has 0 bridgehead atoms. The number of nitrogens with one attached hydrogen (secondary N) is 2. The Morgan fingerprint density at radius 2 is 1.93 bits per heavy atom. The zero-order valence-electron chi connectivity index (χ0n) is 15.7. The Bertz CT molecular complexity index is 933. The Hall–Kier alpha value is -3.13. The molecule has 0 spiro atoms. The molecule has 8 heteroatoms. The summed E-state index contributed by atoms with van der Waals surface area (Å²) in [6.07, 6.45) is 1.54. The Morgan fingerprint density at radius 1 is 1.14 bits per heavy atom. The average Bonchev–Trinajstić information content (AvgIpc) is 3.33. The molecule has 2 amide bonds. The number of aromatic nitrogens is 1. The van der Waals surface area contributed by atoms with E-state index in [1.165, 1.54) is 17.6 Å². The molecule has 0 atom stereocenters. The Balaban J connectivity index is 1.48. The number of nitrogens with zero attached hydrogens (tertiary/aromatic N) is 1. The summed E-state index contributed by atoms with van der Waals surface area (Å²) in [6, 6.07) is 11.2. The molecule has 0 aliphatic rings. The summed E-state index contributed by atoms with van der Waals surface area (Å²) in [5.74, 6) is 0.772. The molecule has 0 saturated carbocycles. The summed E-state index contributed by atoms with van der Waals surface area (Å²) in [6.45, 7) is 4.22. The van der Waals surface area contributed by atoms with Gasteiger partial charge in [0.25, 0.3) is 5.91 Å². The van der Waals surface area contributed by atoms with Gasteiger partial charge in [-0.2, -0.15) is 0 Å². The highest BCUT2D eigenvalue weighted by Gasteiger charge is 2.16. The molecule has 2 N–H and O–H groups in total. The van der Waals surface area contributed by atoms with Crippen molar-refractivity contribution in [3.8, 4) is 5.75 Å². The molecular formula is C20H21N3O4S. The maximum atomic E-state index is 12.3. The molecule has 3 rings (SSSR count). The minimum atomic E-state index is -0.329. The predicted octanol–water partition coefficient (Wildman–Crippen LogP) is 2.98. The molecule has 0 unspecified atom stereocenters. The van der Waals surface area contributed by atoms with Gasteiger partial charge in [-0.1, -0.05) is 17.7 Å². The van der Waals surface area contributed by atoms with E-state index in [-0.39, 0.29) is 31.5 Å². The normalized spacial score (nSPS) is 10.5. The average molecular weight is 399 g/mol. The van der Waals surface area contributed by atoms with E-state index in [2.05, 4.69) is 15.6 Å². The highest BCUT2D eigenvalue weighted by Crippen LogP contribution is 2.20. The number of carbonyl (C=O) groups is 2. The van der Waals surface area contributed by atoms with Gasteiger partial charge < -0.3 is 19.8 Å². The van der Waals surface area contributed by atoms with Crippen molar-refractivity contribution in [3.63, 3.8) is 0 Å². The third-order valence-electron chi connectivity index (χ3n) is 3.88. The smallest absolute Gasteiger partial charge is 0.263 e. The van der Waals surface area contributed by atoms with E-state index in [4.69, 9.17) is 9.15 Å². The lowest BCUT2D eigenvalue weighted by molar-refractivity contribution is -0.120. The Kier molecular flexibility index (Phi) is 6.44. The molecule has 2 heterocycles. The number of amides is 2. The highest BCUT2D eigenvalue weighted by molar-refractivity contribution is 7.13. The van der Waals surface area contributed by atoms with Gasteiger partial charge in [-0.3, -0.25) is 9.59 Å². The van der Waals surface area contributed by atoms with Crippen LogP contribution in [0.25, 0.3) is 0 Å². The van der Waals surface area contributed by atoms with Crippen LogP contribution in [0.1, 0.15) is 31.7 Å². The van der Waals surface area contributed by atoms with E-state index in [0.717, 1.165) is 11.3 Å². The van der Waals surface area contributed by atoms with Crippen LogP contribution in [0.5, 0.6) is 5.75 Å². The first kappa shape index (κ1) is 19.6. The van der Waals surface area contributed by atoms with Crippen molar-refractivity contribution < 1.29 is 18.7 Å². The van der Waals surface area contributed by atoms with E-state index in [0.29, 0.717) is 21.3 Å². The van der Waals surface area contributed by atoms with Gasteiger partial charge in [0.05, 0.1) is 25.0 Å². The molecule has 1 aromatic carbocycles. The summed E-state index contributed by atoms with van der Waals surface area (Å²) in [7, 11) is 0. The predicted molar refractivity (Wildman–Crippen MR) is 105 cm³/mol. The van der Waals surface area contributed by atoms with Gasteiger partial charge in [-0.25, -0.2) is 4.98 Å². The lowest BCUT2D eigenvalue weighted by Gasteiger charge is -2.05. The van der Waals surface area contributed by atoms with E-state index in [1.807, 2.05) is 31.2 Å². The molecule has 146 valence electrons. The van der Waals surface area contributed by atoms with Gasteiger partial charge in [-0.05, 0) is 38.1 Å². The van der Waals surface area contributed by atoms with Crippen molar-refractivity contribution in [2.24, 2.45) is 0 Å². The molecule has 0 aliphatic carbocycles. The summed E-state index contributed by atoms with van der Waals surface area (Å²) < 4.78 is 10.8. The van der Waals surface area contributed by atoms with Crippen molar-refractivity contribution in [1.29, 1.82) is 0 Å². The van der Waals surface area contributed by atoms with Gasteiger partial charge >= 0.3 is 0 Å². The summed E-state index contributed by atoms with van der Waals surface area (Å²) in [4.78, 5) is 29.1. The first-order chi connectivity index (χ1) is 13.5. The maximum absolute atomic E-state index is 12.3. The fraction of sp³-hybridized carbons (Fsp3) is 0.250. The summed E-state index contributed by atoms with van der Waals surface area (Å²) in [5.41, 5.74) is 1.77. The summed E-state index contributed by atoms with van der Waals surface area (Å²) >= 11 is 1.26. The minimum Gasteiger partial charge on any atom is -0.486 e. The van der Waals surface area contributed by atoms with Gasteiger partial charge in [-0.15, -0.1) is 11.3 Å². The van der Waals surface area contributed by atoms with Gasteiger partial charge in [0.15, 0.2) is 0 Å². The lowest BCUT2D eigenvalue weighted by atomic mass is 10.2. The molecule has 3 aromatic rings. The van der Waals surface area contributed by atoms with Gasteiger partial charge in [0, 0.05) is 0 Å².